The smallest absolute Gasteiger partial charge is 0.118 e. The quantitative estimate of drug-likeness (QED) is 0.629. The SMILES string of the molecule is CC1CC(N)(O)Cc2c1[nH]c1c(Cl)cccc21. The monoisotopic (exact) mass is 250 g/mol. The molecule has 2 unspecified atom stereocenters. The predicted molar refractivity (Wildman–Crippen MR) is 69.2 cm³/mol. The number of hydrogen-bond donors (Lipinski definition) is 3. The molecule has 17 heavy (non-hydrogen) atoms. The van der Waals surface area contributed by atoms with Gasteiger partial charge in [-0.05, 0) is 18.1 Å². The van der Waals surface area contributed by atoms with Gasteiger partial charge in [0.1, 0.15) is 5.72 Å². The number of nitrogens with one attached hydrogen (secondary N) is 1. The fourth-order valence-electron chi connectivity index (χ4n) is 2.88. The number of aromatic nitrogens is 1. The lowest BCUT2D eigenvalue weighted by Crippen LogP contribution is -2.45. The number of benzene rings is 1. The number of halogens is 1. The van der Waals surface area contributed by atoms with Gasteiger partial charge in [0, 0.05) is 23.4 Å². The predicted octanol–water partition coefficient (Wildman–Crippen LogP) is 2.52. The zero-order chi connectivity index (χ0) is 12.2. The molecule has 0 radical (unpaired) electrons. The van der Waals surface area contributed by atoms with Crippen LogP contribution in [0.5, 0.6) is 0 Å². The largest absolute Gasteiger partial charge is 0.376 e. The van der Waals surface area contributed by atoms with Gasteiger partial charge in [-0.2, -0.15) is 0 Å². The Kier molecular flexibility index (Phi) is 2.27. The molecule has 1 aromatic heterocycles. The molecule has 2 atom stereocenters. The van der Waals surface area contributed by atoms with Gasteiger partial charge in [-0.3, -0.25) is 0 Å². The Morgan fingerprint density at radius 1 is 1.53 bits per heavy atom. The molecule has 0 aliphatic heterocycles. The first-order valence-electron chi connectivity index (χ1n) is 5.78. The van der Waals surface area contributed by atoms with Gasteiger partial charge < -0.3 is 15.8 Å². The summed E-state index contributed by atoms with van der Waals surface area (Å²) in [6, 6.07) is 5.81. The topological polar surface area (TPSA) is 62.0 Å². The van der Waals surface area contributed by atoms with Crippen LogP contribution in [-0.4, -0.2) is 15.8 Å². The molecule has 3 rings (SSSR count). The minimum Gasteiger partial charge on any atom is -0.376 e. The highest BCUT2D eigenvalue weighted by Crippen LogP contribution is 2.39. The lowest BCUT2D eigenvalue weighted by molar-refractivity contribution is 0.0258. The summed E-state index contributed by atoms with van der Waals surface area (Å²) in [4.78, 5) is 3.37. The van der Waals surface area contributed by atoms with Crippen molar-refractivity contribution in [1.29, 1.82) is 0 Å². The van der Waals surface area contributed by atoms with Gasteiger partial charge in [0.25, 0.3) is 0 Å². The number of rotatable bonds is 0. The summed E-state index contributed by atoms with van der Waals surface area (Å²) in [5.74, 6) is 0.220. The Labute approximate surface area is 105 Å². The van der Waals surface area contributed by atoms with E-state index in [-0.39, 0.29) is 5.92 Å². The molecule has 90 valence electrons. The van der Waals surface area contributed by atoms with Crippen molar-refractivity contribution in [2.24, 2.45) is 5.73 Å². The molecule has 0 spiro atoms. The number of nitrogens with two attached hydrogens (primary N) is 1. The van der Waals surface area contributed by atoms with E-state index in [9.17, 15) is 5.11 Å². The molecule has 0 amide bonds. The van der Waals surface area contributed by atoms with Gasteiger partial charge in [0.2, 0.25) is 0 Å². The van der Waals surface area contributed by atoms with E-state index in [1.54, 1.807) is 0 Å². The Morgan fingerprint density at radius 3 is 3.06 bits per heavy atom. The van der Waals surface area contributed by atoms with Gasteiger partial charge in [0.15, 0.2) is 0 Å². The van der Waals surface area contributed by atoms with Crippen LogP contribution in [0.15, 0.2) is 18.2 Å². The van der Waals surface area contributed by atoms with Crippen LogP contribution in [0.1, 0.15) is 30.5 Å². The molecule has 0 fully saturated rings. The maximum absolute atomic E-state index is 10.1. The second kappa shape index (κ2) is 3.48. The van der Waals surface area contributed by atoms with E-state index >= 15 is 0 Å². The van der Waals surface area contributed by atoms with Crippen LogP contribution in [0.4, 0.5) is 0 Å². The lowest BCUT2D eigenvalue weighted by Gasteiger charge is -2.32. The molecule has 2 aromatic rings. The van der Waals surface area contributed by atoms with Crippen molar-refractivity contribution in [2.45, 2.75) is 31.4 Å². The summed E-state index contributed by atoms with van der Waals surface area (Å²) in [6.45, 7) is 2.07. The van der Waals surface area contributed by atoms with Crippen LogP contribution in [0.2, 0.25) is 5.02 Å². The van der Waals surface area contributed by atoms with Crippen LogP contribution < -0.4 is 5.73 Å². The average molecular weight is 251 g/mol. The molecular formula is C13H15ClN2O. The Bertz CT molecular complexity index is 588. The Morgan fingerprint density at radius 2 is 2.29 bits per heavy atom. The number of aromatic amines is 1. The molecule has 0 bridgehead atoms. The van der Waals surface area contributed by atoms with E-state index in [0.717, 1.165) is 22.2 Å². The maximum Gasteiger partial charge on any atom is 0.118 e. The van der Waals surface area contributed by atoms with Crippen LogP contribution in [-0.2, 0) is 6.42 Å². The average Bonchev–Trinajstić information content (AvgIpc) is 2.57. The minimum atomic E-state index is -1.11. The second-order valence-corrected chi connectivity index (χ2v) is 5.47. The molecule has 0 saturated heterocycles. The summed E-state index contributed by atoms with van der Waals surface area (Å²) in [7, 11) is 0. The van der Waals surface area contributed by atoms with Crippen molar-refractivity contribution in [1.82, 2.24) is 4.98 Å². The van der Waals surface area contributed by atoms with Crippen molar-refractivity contribution >= 4 is 22.5 Å². The molecule has 0 saturated carbocycles. The maximum atomic E-state index is 10.1. The fraction of sp³-hybridized carbons (Fsp3) is 0.385. The highest BCUT2D eigenvalue weighted by molar-refractivity contribution is 6.35. The zero-order valence-corrected chi connectivity index (χ0v) is 10.4. The van der Waals surface area contributed by atoms with Gasteiger partial charge in [-0.15, -0.1) is 0 Å². The van der Waals surface area contributed by atoms with Crippen LogP contribution in [0.3, 0.4) is 0 Å². The van der Waals surface area contributed by atoms with Crippen LogP contribution in [0.25, 0.3) is 10.9 Å². The number of fused-ring (bicyclic) bond motifs is 3. The van der Waals surface area contributed by atoms with Crippen LogP contribution in [0, 0.1) is 0 Å². The molecule has 1 heterocycles. The number of hydrogen-bond acceptors (Lipinski definition) is 2. The Hall–Kier alpha value is -1.03. The van der Waals surface area contributed by atoms with Crippen molar-refractivity contribution in [2.75, 3.05) is 0 Å². The standard InChI is InChI=1S/C13H15ClN2O/c1-7-5-13(15,17)6-9-8-3-2-4-10(14)12(8)16-11(7)9/h2-4,7,16-17H,5-6,15H2,1H3. The highest BCUT2D eigenvalue weighted by atomic mass is 35.5. The molecule has 1 aliphatic carbocycles. The Balaban J connectivity index is 2.29. The molecule has 4 heteroatoms. The van der Waals surface area contributed by atoms with E-state index in [1.807, 2.05) is 18.2 Å². The molecule has 3 nitrogen and oxygen atoms in total. The summed E-state index contributed by atoms with van der Waals surface area (Å²) < 4.78 is 0. The van der Waals surface area contributed by atoms with E-state index < -0.39 is 5.72 Å². The zero-order valence-electron chi connectivity index (χ0n) is 9.63. The first-order chi connectivity index (χ1) is 7.98. The third kappa shape index (κ3) is 1.66. The van der Waals surface area contributed by atoms with E-state index in [4.69, 9.17) is 17.3 Å². The fourth-order valence-corrected chi connectivity index (χ4v) is 3.10. The molecule has 1 aliphatic rings. The summed E-state index contributed by atoms with van der Waals surface area (Å²) in [6.07, 6.45) is 1.05. The third-order valence-electron chi connectivity index (χ3n) is 3.56. The van der Waals surface area contributed by atoms with Gasteiger partial charge in [-0.1, -0.05) is 30.7 Å². The summed E-state index contributed by atoms with van der Waals surface area (Å²) >= 11 is 6.17. The lowest BCUT2D eigenvalue weighted by atomic mass is 9.82. The van der Waals surface area contributed by atoms with E-state index in [1.165, 1.54) is 0 Å². The normalized spacial score (nSPS) is 28.4. The molecule has 4 N–H and O–H groups in total. The van der Waals surface area contributed by atoms with Crippen molar-refractivity contribution in [3.63, 3.8) is 0 Å². The van der Waals surface area contributed by atoms with E-state index in [0.29, 0.717) is 17.9 Å². The van der Waals surface area contributed by atoms with E-state index in [2.05, 4.69) is 11.9 Å². The van der Waals surface area contributed by atoms with Crippen molar-refractivity contribution in [3.8, 4) is 0 Å². The summed E-state index contributed by atoms with van der Waals surface area (Å²) in [5.41, 5.74) is 7.98. The van der Waals surface area contributed by atoms with Gasteiger partial charge >= 0.3 is 0 Å². The third-order valence-corrected chi connectivity index (χ3v) is 3.87. The number of H-pyrrole nitrogens is 1. The highest BCUT2D eigenvalue weighted by Gasteiger charge is 2.34. The van der Waals surface area contributed by atoms with Crippen molar-refractivity contribution in [3.05, 3.63) is 34.5 Å². The first-order valence-corrected chi connectivity index (χ1v) is 6.16. The van der Waals surface area contributed by atoms with Gasteiger partial charge in [-0.25, -0.2) is 0 Å². The van der Waals surface area contributed by atoms with Gasteiger partial charge in [0.05, 0.1) is 10.5 Å². The second-order valence-electron chi connectivity index (χ2n) is 5.07. The number of aliphatic hydroxyl groups is 1. The molecule has 1 aromatic carbocycles. The number of para-hydroxylation sites is 1. The van der Waals surface area contributed by atoms with Crippen molar-refractivity contribution < 1.29 is 5.11 Å². The first kappa shape index (κ1) is 11.1. The summed E-state index contributed by atoms with van der Waals surface area (Å²) in [5, 5.41) is 11.9. The molecular weight excluding hydrogens is 236 g/mol. The minimum absolute atomic E-state index is 0.220. The van der Waals surface area contributed by atoms with Crippen LogP contribution >= 0.6 is 11.6 Å².